The van der Waals surface area contributed by atoms with Crippen LogP contribution in [0.3, 0.4) is 0 Å². The molecule has 0 N–H and O–H groups in total. The van der Waals surface area contributed by atoms with E-state index >= 15 is 0 Å². The van der Waals surface area contributed by atoms with Crippen LogP contribution in [0.4, 0.5) is 0 Å². The van der Waals surface area contributed by atoms with Crippen molar-refractivity contribution in [3.8, 4) is 11.5 Å². The molecule has 0 aliphatic heterocycles. The van der Waals surface area contributed by atoms with E-state index in [1.165, 1.54) is 0 Å². The van der Waals surface area contributed by atoms with E-state index in [-0.39, 0.29) is 35.5 Å². The molecule has 0 saturated carbocycles. The summed E-state index contributed by atoms with van der Waals surface area (Å²) in [6.07, 6.45) is 0. The van der Waals surface area contributed by atoms with Crippen LogP contribution >= 0.6 is 0 Å². The number of benzene rings is 2. The second kappa shape index (κ2) is 7.06. The van der Waals surface area contributed by atoms with Crippen LogP contribution in [0.5, 0.6) is 11.5 Å². The van der Waals surface area contributed by atoms with Crippen LogP contribution in [0.2, 0.25) is 0 Å². The first kappa shape index (κ1) is 15.4. The molecule has 0 amide bonds. The van der Waals surface area contributed by atoms with Crippen LogP contribution in [0.15, 0.2) is 60.7 Å². The van der Waals surface area contributed by atoms with Crippen molar-refractivity contribution in [2.24, 2.45) is 0 Å². The molecule has 18 heavy (non-hydrogen) atoms. The Kier molecular flexibility index (Phi) is 6.05. The summed E-state index contributed by atoms with van der Waals surface area (Å²) in [5.74, 6) is 0.527. The van der Waals surface area contributed by atoms with Crippen molar-refractivity contribution >= 4 is 20.1 Å². The van der Waals surface area contributed by atoms with Crippen molar-refractivity contribution in [3.63, 3.8) is 0 Å². The predicted octanol–water partition coefficient (Wildman–Crippen LogP) is -2.16. The van der Waals surface area contributed by atoms with Crippen molar-refractivity contribution in [1.82, 2.24) is 0 Å². The molecule has 6 heteroatoms. The molecular weight excluding hydrogens is 457 g/mol. The van der Waals surface area contributed by atoms with Gasteiger partial charge in [-0.1, -0.05) is 0 Å². The Morgan fingerprint density at radius 1 is 0.778 bits per heavy atom. The number of hydrogen-bond donors (Lipinski definition) is 0. The zero-order valence-corrected chi connectivity index (χ0v) is 14.4. The van der Waals surface area contributed by atoms with Gasteiger partial charge in [-0.05, 0) is 0 Å². The van der Waals surface area contributed by atoms with Crippen LogP contribution in [0, 0.1) is 0 Å². The maximum atomic E-state index is 11.6. The summed E-state index contributed by atoms with van der Waals surface area (Å²) < 4.78 is 33.0. The van der Waals surface area contributed by atoms with E-state index in [4.69, 9.17) is 6.03 Å². The van der Waals surface area contributed by atoms with Gasteiger partial charge in [0.25, 0.3) is 0 Å². The molecular formula is C12H12IO4Sb. The second-order valence-corrected chi connectivity index (χ2v) is 6.85. The zero-order chi connectivity index (χ0) is 12.1. The molecule has 0 unspecified atom stereocenters. The fourth-order valence-corrected chi connectivity index (χ4v) is 3.51. The summed E-state index contributed by atoms with van der Waals surface area (Å²) in [6, 6.07) is 16.6. The normalized spacial score (nSPS) is 10.3. The fourth-order valence-electron chi connectivity index (χ4n) is 1.24. The van der Waals surface area contributed by atoms with E-state index in [1.807, 2.05) is 0 Å². The van der Waals surface area contributed by atoms with Crippen LogP contribution in [0.25, 0.3) is 0 Å². The molecule has 2 rings (SSSR count). The van der Waals surface area contributed by atoms with Crippen molar-refractivity contribution in [2.45, 2.75) is 0 Å². The van der Waals surface area contributed by atoms with Gasteiger partial charge in [0.1, 0.15) is 0 Å². The average Bonchev–Trinajstić information content (AvgIpc) is 2.30. The van der Waals surface area contributed by atoms with E-state index in [2.05, 4.69) is 0 Å². The molecule has 4 nitrogen and oxygen atoms in total. The quantitative estimate of drug-likeness (QED) is 0.379. The van der Waals surface area contributed by atoms with Gasteiger partial charge < -0.3 is 0 Å². The topological polar surface area (TPSA) is 58.6 Å². The first-order chi connectivity index (χ1) is 8.16. The molecule has 0 heterocycles. The fraction of sp³-hybridized carbons (Fsp3) is 0. The molecule has 0 atom stereocenters. The van der Waals surface area contributed by atoms with Gasteiger partial charge in [0.2, 0.25) is 24.0 Å². The summed E-state index contributed by atoms with van der Waals surface area (Å²) in [7, 11) is 0. The van der Waals surface area contributed by atoms with Gasteiger partial charge in [-0.2, -0.15) is 0 Å². The second-order valence-electron chi connectivity index (χ2n) is 3.26. The molecule has 0 saturated heterocycles. The van der Waals surface area contributed by atoms with Gasteiger partial charge >= 0.3 is 105 Å². The molecule has 96 valence electrons. The molecule has 2 aromatic rings. The number of rotatable bonds is 4. The Labute approximate surface area is 128 Å². The Morgan fingerprint density at radius 3 is 1.44 bits per heavy atom. The van der Waals surface area contributed by atoms with E-state index in [0.717, 1.165) is 0 Å². The Balaban J connectivity index is 0.00000162. The Hall–Kier alpha value is -0.652. The van der Waals surface area contributed by atoms with Crippen LogP contribution < -0.4 is 33.4 Å². The SMILES string of the molecule is [IH2+].[O]=[Sb]([O-])([O]c1ccccc1)[O]c1ccccc1. The molecule has 2 aromatic carbocycles. The number of hydrogen-bond acceptors (Lipinski definition) is 4. The monoisotopic (exact) mass is 468 g/mol. The van der Waals surface area contributed by atoms with Crippen LogP contribution in [-0.4, -0.2) is 20.1 Å². The molecule has 0 aliphatic carbocycles. The van der Waals surface area contributed by atoms with Gasteiger partial charge in [-0.15, -0.1) is 0 Å². The van der Waals surface area contributed by atoms with Crippen molar-refractivity contribution in [2.75, 3.05) is 0 Å². The summed E-state index contributed by atoms with van der Waals surface area (Å²) in [5.41, 5.74) is 0. The maximum absolute atomic E-state index is 11.6. The molecule has 0 aliphatic rings. The van der Waals surface area contributed by atoms with Crippen molar-refractivity contribution < 1.29 is 36.4 Å². The van der Waals surface area contributed by atoms with E-state index in [1.54, 1.807) is 60.7 Å². The van der Waals surface area contributed by atoms with Crippen molar-refractivity contribution in [3.05, 3.63) is 60.7 Å². The minimum absolute atomic E-state index is 0. The number of para-hydroxylation sites is 2. The van der Waals surface area contributed by atoms with Crippen LogP contribution in [0.1, 0.15) is 0 Å². The van der Waals surface area contributed by atoms with Gasteiger partial charge in [0.15, 0.2) is 0 Å². The minimum atomic E-state index is -5.34. The third kappa shape index (κ3) is 4.92. The Morgan fingerprint density at radius 2 is 1.11 bits per heavy atom. The first-order valence-corrected chi connectivity index (χ1v) is 9.13. The third-order valence-corrected chi connectivity index (χ3v) is 4.40. The van der Waals surface area contributed by atoms with Gasteiger partial charge in [-0.25, -0.2) is 0 Å². The van der Waals surface area contributed by atoms with Crippen molar-refractivity contribution in [1.29, 1.82) is 0 Å². The van der Waals surface area contributed by atoms with E-state index < -0.39 is 20.1 Å². The Bertz CT molecular complexity index is 473. The summed E-state index contributed by atoms with van der Waals surface area (Å²) >= 11 is -5.34. The van der Waals surface area contributed by atoms with Crippen LogP contribution in [-0.2, 0) is 3.02 Å². The summed E-state index contributed by atoms with van der Waals surface area (Å²) in [6.45, 7) is 0. The molecule has 0 radical (unpaired) electrons. The van der Waals surface area contributed by atoms with Gasteiger partial charge in [-0.3, -0.25) is 0 Å². The van der Waals surface area contributed by atoms with Gasteiger partial charge in [0.05, 0.1) is 0 Å². The molecule has 0 aromatic heterocycles. The zero-order valence-electron chi connectivity index (χ0n) is 9.30. The number of halogens is 1. The molecule has 0 spiro atoms. The average molecular weight is 469 g/mol. The predicted molar refractivity (Wildman–Crippen MR) is 63.4 cm³/mol. The first-order valence-electron chi connectivity index (χ1n) is 4.96. The summed E-state index contributed by atoms with van der Waals surface area (Å²) in [4.78, 5) is 0. The van der Waals surface area contributed by atoms with E-state index in [0.29, 0.717) is 0 Å². The standard InChI is InChI=1S/2C6H6O.H2I.2O.Sb/c2*7-6-4-2-1-3-5-6;;;;/h2*1-5,7H;1H2;;;/q;;+1;;-1;+2/p-2. The summed E-state index contributed by atoms with van der Waals surface area (Å²) in [5, 5.41) is 0. The van der Waals surface area contributed by atoms with E-state index in [9.17, 15) is 6.40 Å². The molecule has 0 bridgehead atoms. The third-order valence-electron chi connectivity index (χ3n) is 1.92. The van der Waals surface area contributed by atoms with Gasteiger partial charge in [0, 0.05) is 0 Å². The molecule has 0 fully saturated rings.